The van der Waals surface area contributed by atoms with E-state index >= 15 is 0 Å². The molecule has 1 fully saturated rings. The molecule has 5 heteroatoms. The number of phenols is 1. The van der Waals surface area contributed by atoms with Crippen molar-refractivity contribution in [3.8, 4) is 5.75 Å². The van der Waals surface area contributed by atoms with Crippen LogP contribution in [-0.4, -0.2) is 29.4 Å². The van der Waals surface area contributed by atoms with E-state index in [1.807, 2.05) is 0 Å². The van der Waals surface area contributed by atoms with Gasteiger partial charge in [0.1, 0.15) is 11.6 Å². The van der Waals surface area contributed by atoms with Crippen LogP contribution in [0.2, 0.25) is 0 Å². The van der Waals surface area contributed by atoms with Gasteiger partial charge in [0.15, 0.2) is 6.10 Å². The fraction of sp³-hybridized carbons (Fsp3) is 0.417. The van der Waals surface area contributed by atoms with Gasteiger partial charge in [0.05, 0.1) is 7.11 Å². The number of benzene rings is 1. The van der Waals surface area contributed by atoms with E-state index < -0.39 is 23.3 Å². The van der Waals surface area contributed by atoms with Gasteiger partial charge >= 0.3 is 5.97 Å². The zero-order valence-corrected chi connectivity index (χ0v) is 9.31. The van der Waals surface area contributed by atoms with Crippen molar-refractivity contribution in [2.24, 2.45) is 0 Å². The predicted molar refractivity (Wildman–Crippen MR) is 57.0 cm³/mol. The van der Waals surface area contributed by atoms with Gasteiger partial charge in [-0.1, -0.05) is 0 Å². The molecule has 1 aliphatic carbocycles. The molecule has 17 heavy (non-hydrogen) atoms. The first-order chi connectivity index (χ1) is 8.01. The molecule has 92 valence electrons. The first-order valence-corrected chi connectivity index (χ1v) is 5.26. The largest absolute Gasteiger partial charge is 0.508 e. The zero-order chi connectivity index (χ0) is 12.6. The summed E-state index contributed by atoms with van der Waals surface area (Å²) in [4.78, 5) is 11.3. The average molecular weight is 240 g/mol. The van der Waals surface area contributed by atoms with E-state index in [0.717, 1.165) is 12.1 Å². The number of aromatic hydroxyl groups is 1. The number of phenolic OH excluding ortho intramolecular Hbond substituents is 1. The maximum Gasteiger partial charge on any atom is 0.335 e. The number of hydrogen-bond acceptors (Lipinski definition) is 4. The van der Waals surface area contributed by atoms with Gasteiger partial charge in [-0.3, -0.25) is 0 Å². The first kappa shape index (κ1) is 11.9. The molecule has 1 aromatic carbocycles. The van der Waals surface area contributed by atoms with Gasteiger partial charge in [-0.15, -0.1) is 0 Å². The fourth-order valence-electron chi connectivity index (χ4n) is 2.07. The van der Waals surface area contributed by atoms with Crippen molar-refractivity contribution in [3.63, 3.8) is 0 Å². The maximum absolute atomic E-state index is 13.1. The minimum atomic E-state index is -1.37. The normalized spacial score (nSPS) is 18.5. The number of ether oxygens (including phenoxy) is 1. The third kappa shape index (κ3) is 1.86. The third-order valence-electron chi connectivity index (χ3n) is 3.23. The molecule has 4 nitrogen and oxygen atoms in total. The number of methoxy groups -OCH3 is 1. The summed E-state index contributed by atoms with van der Waals surface area (Å²) in [6, 6.07) is 3.49. The van der Waals surface area contributed by atoms with Crippen LogP contribution < -0.4 is 0 Å². The summed E-state index contributed by atoms with van der Waals surface area (Å²) in [5.41, 5.74) is -0.644. The topological polar surface area (TPSA) is 66.8 Å². The molecule has 0 radical (unpaired) electrons. The summed E-state index contributed by atoms with van der Waals surface area (Å²) in [5.74, 6) is -1.40. The van der Waals surface area contributed by atoms with Crippen LogP contribution in [0, 0.1) is 5.82 Å². The molecule has 2 rings (SSSR count). The highest BCUT2D eigenvalue weighted by molar-refractivity contribution is 5.78. The fourth-order valence-corrected chi connectivity index (χ4v) is 2.07. The molecule has 1 saturated carbocycles. The minimum absolute atomic E-state index is 0.119. The molecular formula is C12H13FO4. The molecule has 0 saturated heterocycles. The lowest BCUT2D eigenvalue weighted by Gasteiger charge is -2.21. The van der Waals surface area contributed by atoms with Crippen LogP contribution in [0.5, 0.6) is 5.75 Å². The average Bonchev–Trinajstić information content (AvgIpc) is 3.11. The Bertz CT molecular complexity index is 454. The zero-order valence-electron chi connectivity index (χ0n) is 9.31. The molecule has 1 atom stereocenters. The van der Waals surface area contributed by atoms with Gasteiger partial charge in [-0.25, -0.2) is 9.18 Å². The lowest BCUT2D eigenvalue weighted by Crippen LogP contribution is -2.35. The van der Waals surface area contributed by atoms with Crippen LogP contribution >= 0.6 is 0 Å². The molecule has 0 heterocycles. The van der Waals surface area contributed by atoms with Gasteiger partial charge in [-0.05, 0) is 31.0 Å². The van der Waals surface area contributed by atoms with Gasteiger partial charge < -0.3 is 14.9 Å². The van der Waals surface area contributed by atoms with Crippen LogP contribution in [0.25, 0.3) is 0 Å². The third-order valence-corrected chi connectivity index (χ3v) is 3.23. The SMILES string of the molecule is COC(=O)C(O)C1(c2cc(F)ccc2O)CC1. The molecule has 0 bridgehead atoms. The molecule has 1 aliphatic rings. The van der Waals surface area contributed by atoms with E-state index in [1.54, 1.807) is 0 Å². The molecule has 0 spiro atoms. The Morgan fingerprint density at radius 2 is 2.18 bits per heavy atom. The van der Waals surface area contributed by atoms with Gasteiger partial charge in [0, 0.05) is 11.0 Å². The van der Waals surface area contributed by atoms with Crippen LogP contribution in [-0.2, 0) is 14.9 Å². The van der Waals surface area contributed by atoms with E-state index in [2.05, 4.69) is 4.74 Å². The summed E-state index contributed by atoms with van der Waals surface area (Å²) in [6.07, 6.45) is -0.346. The van der Waals surface area contributed by atoms with E-state index in [4.69, 9.17) is 0 Å². The Morgan fingerprint density at radius 3 is 2.71 bits per heavy atom. The molecule has 1 aromatic rings. The summed E-state index contributed by atoms with van der Waals surface area (Å²) < 4.78 is 17.6. The number of carbonyl (C=O) groups is 1. The molecule has 0 amide bonds. The van der Waals surface area contributed by atoms with E-state index in [-0.39, 0.29) is 11.3 Å². The minimum Gasteiger partial charge on any atom is -0.508 e. The lowest BCUT2D eigenvalue weighted by molar-refractivity contribution is -0.152. The Labute approximate surface area is 97.6 Å². The number of aliphatic hydroxyl groups excluding tert-OH is 1. The predicted octanol–water partition coefficient (Wildman–Crippen LogP) is 1.10. The molecular weight excluding hydrogens is 227 g/mol. The number of esters is 1. The Balaban J connectivity index is 2.38. The Hall–Kier alpha value is -1.62. The van der Waals surface area contributed by atoms with Crippen molar-refractivity contribution in [2.45, 2.75) is 24.4 Å². The highest BCUT2D eigenvalue weighted by atomic mass is 19.1. The van der Waals surface area contributed by atoms with Crippen molar-refractivity contribution in [1.29, 1.82) is 0 Å². The van der Waals surface area contributed by atoms with Crippen molar-refractivity contribution in [1.82, 2.24) is 0 Å². The molecule has 0 aromatic heterocycles. The number of hydrogen-bond donors (Lipinski definition) is 2. The van der Waals surface area contributed by atoms with Gasteiger partial charge in [0.2, 0.25) is 0 Å². The standard InChI is InChI=1S/C12H13FO4/c1-17-11(16)10(15)12(4-5-12)8-6-7(13)2-3-9(8)14/h2-3,6,10,14-15H,4-5H2,1H3. The maximum atomic E-state index is 13.1. The summed E-state index contributed by atoms with van der Waals surface area (Å²) in [6.45, 7) is 0. The lowest BCUT2D eigenvalue weighted by atomic mass is 9.89. The summed E-state index contributed by atoms with van der Waals surface area (Å²) in [5, 5.41) is 19.6. The van der Waals surface area contributed by atoms with Crippen LogP contribution in [0.15, 0.2) is 18.2 Å². The second-order valence-corrected chi connectivity index (χ2v) is 4.24. The molecule has 2 N–H and O–H groups in total. The Morgan fingerprint density at radius 1 is 1.53 bits per heavy atom. The second-order valence-electron chi connectivity index (χ2n) is 4.24. The Kier molecular flexibility index (Phi) is 2.79. The van der Waals surface area contributed by atoms with Crippen molar-refractivity contribution in [2.75, 3.05) is 7.11 Å². The van der Waals surface area contributed by atoms with E-state index in [9.17, 15) is 19.4 Å². The van der Waals surface area contributed by atoms with Gasteiger partial charge in [0.25, 0.3) is 0 Å². The van der Waals surface area contributed by atoms with Crippen molar-refractivity contribution >= 4 is 5.97 Å². The highest BCUT2D eigenvalue weighted by Crippen LogP contribution is 2.53. The van der Waals surface area contributed by atoms with E-state index in [1.165, 1.54) is 13.2 Å². The monoisotopic (exact) mass is 240 g/mol. The highest BCUT2D eigenvalue weighted by Gasteiger charge is 2.55. The van der Waals surface area contributed by atoms with Gasteiger partial charge in [-0.2, -0.15) is 0 Å². The smallest absolute Gasteiger partial charge is 0.335 e. The molecule has 1 unspecified atom stereocenters. The van der Waals surface area contributed by atoms with E-state index in [0.29, 0.717) is 12.8 Å². The first-order valence-electron chi connectivity index (χ1n) is 5.26. The number of carbonyl (C=O) groups excluding carboxylic acids is 1. The van der Waals surface area contributed by atoms with Crippen molar-refractivity contribution in [3.05, 3.63) is 29.6 Å². The number of rotatable bonds is 3. The molecule has 0 aliphatic heterocycles. The number of halogens is 1. The van der Waals surface area contributed by atoms with Crippen LogP contribution in [0.1, 0.15) is 18.4 Å². The second kappa shape index (κ2) is 4.00. The van der Waals surface area contributed by atoms with Crippen LogP contribution in [0.3, 0.4) is 0 Å². The quantitative estimate of drug-likeness (QED) is 0.776. The summed E-state index contributed by atoms with van der Waals surface area (Å²) in [7, 11) is 1.17. The van der Waals surface area contributed by atoms with Crippen molar-refractivity contribution < 1.29 is 24.1 Å². The summed E-state index contributed by atoms with van der Waals surface area (Å²) >= 11 is 0. The van der Waals surface area contributed by atoms with Crippen LogP contribution in [0.4, 0.5) is 4.39 Å². The number of aliphatic hydroxyl groups is 1.